The average Bonchev–Trinajstić information content (AvgIpc) is 2.49. The third kappa shape index (κ3) is 3.82. The standard InChI is InChI=1S/C15H16FN3O2/c1-2-18(11-13-7-3-4-9-17-13)10-12-6-5-8-14(15(12)16)19(20)21/h3-9H,2,10-11H2,1H3. The van der Waals surface area contributed by atoms with E-state index < -0.39 is 16.4 Å². The first-order chi connectivity index (χ1) is 10.1. The zero-order valence-electron chi connectivity index (χ0n) is 11.7. The van der Waals surface area contributed by atoms with Crippen LogP contribution in [0.3, 0.4) is 0 Å². The molecule has 0 radical (unpaired) electrons. The largest absolute Gasteiger partial charge is 0.305 e. The molecular weight excluding hydrogens is 273 g/mol. The van der Waals surface area contributed by atoms with Crippen LogP contribution in [0, 0.1) is 15.9 Å². The van der Waals surface area contributed by atoms with Crippen LogP contribution in [-0.2, 0) is 13.1 Å². The van der Waals surface area contributed by atoms with Gasteiger partial charge < -0.3 is 0 Å². The van der Waals surface area contributed by atoms with Crippen LogP contribution in [0.2, 0.25) is 0 Å². The van der Waals surface area contributed by atoms with Crippen LogP contribution in [0.4, 0.5) is 10.1 Å². The minimum absolute atomic E-state index is 0.306. The van der Waals surface area contributed by atoms with Gasteiger partial charge in [0.15, 0.2) is 0 Å². The Bertz CT molecular complexity index is 620. The number of hydrogen-bond donors (Lipinski definition) is 0. The molecule has 0 amide bonds. The molecule has 1 aromatic carbocycles. The molecule has 0 atom stereocenters. The fraction of sp³-hybridized carbons (Fsp3) is 0.267. The number of rotatable bonds is 6. The molecule has 5 nitrogen and oxygen atoms in total. The Morgan fingerprint density at radius 1 is 1.24 bits per heavy atom. The predicted molar refractivity (Wildman–Crippen MR) is 77.1 cm³/mol. The summed E-state index contributed by atoms with van der Waals surface area (Å²) in [5, 5.41) is 10.8. The normalized spacial score (nSPS) is 10.8. The lowest BCUT2D eigenvalue weighted by atomic mass is 10.1. The van der Waals surface area contributed by atoms with Gasteiger partial charge in [0, 0.05) is 30.9 Å². The molecule has 0 fully saturated rings. The van der Waals surface area contributed by atoms with Gasteiger partial charge in [-0.15, -0.1) is 0 Å². The highest BCUT2D eigenvalue weighted by atomic mass is 19.1. The van der Waals surface area contributed by atoms with E-state index in [0.29, 0.717) is 25.2 Å². The van der Waals surface area contributed by atoms with E-state index in [9.17, 15) is 14.5 Å². The second-order valence-corrected chi connectivity index (χ2v) is 4.63. The Kier molecular flexibility index (Phi) is 4.94. The molecule has 0 unspecified atom stereocenters. The Hall–Kier alpha value is -2.34. The highest BCUT2D eigenvalue weighted by Crippen LogP contribution is 2.21. The molecule has 0 saturated heterocycles. The summed E-state index contributed by atoms with van der Waals surface area (Å²) in [5.74, 6) is -0.762. The minimum atomic E-state index is -0.762. The summed E-state index contributed by atoms with van der Waals surface area (Å²) in [6, 6.07) is 9.87. The van der Waals surface area contributed by atoms with Gasteiger partial charge >= 0.3 is 5.69 Å². The van der Waals surface area contributed by atoms with Crippen molar-refractivity contribution in [3.05, 3.63) is 69.8 Å². The molecule has 21 heavy (non-hydrogen) atoms. The second kappa shape index (κ2) is 6.90. The molecule has 0 spiro atoms. The van der Waals surface area contributed by atoms with Crippen LogP contribution in [-0.4, -0.2) is 21.4 Å². The molecule has 1 heterocycles. The van der Waals surface area contributed by atoms with Gasteiger partial charge in [0.1, 0.15) is 0 Å². The maximum absolute atomic E-state index is 14.1. The summed E-state index contributed by atoms with van der Waals surface area (Å²) in [6.07, 6.45) is 1.71. The molecule has 1 aromatic heterocycles. The fourth-order valence-electron chi connectivity index (χ4n) is 2.07. The van der Waals surface area contributed by atoms with Crippen molar-refractivity contribution in [2.45, 2.75) is 20.0 Å². The van der Waals surface area contributed by atoms with Gasteiger partial charge in [0.05, 0.1) is 10.6 Å². The van der Waals surface area contributed by atoms with Crippen LogP contribution in [0.1, 0.15) is 18.2 Å². The van der Waals surface area contributed by atoms with Crippen molar-refractivity contribution in [1.82, 2.24) is 9.88 Å². The van der Waals surface area contributed by atoms with Crippen LogP contribution in [0.5, 0.6) is 0 Å². The number of aromatic nitrogens is 1. The van der Waals surface area contributed by atoms with Gasteiger partial charge in [0.2, 0.25) is 5.82 Å². The SMILES string of the molecule is CCN(Cc1ccccn1)Cc1cccc([N+](=O)[O-])c1F. The summed E-state index contributed by atoms with van der Waals surface area (Å²) in [7, 11) is 0. The highest BCUT2D eigenvalue weighted by Gasteiger charge is 2.18. The van der Waals surface area contributed by atoms with Gasteiger partial charge in [-0.1, -0.05) is 25.1 Å². The summed E-state index contributed by atoms with van der Waals surface area (Å²) in [5.41, 5.74) is 0.716. The summed E-state index contributed by atoms with van der Waals surface area (Å²) in [4.78, 5) is 16.3. The highest BCUT2D eigenvalue weighted by molar-refractivity contribution is 5.36. The molecular formula is C15H16FN3O2. The molecule has 0 aliphatic carbocycles. The van der Waals surface area contributed by atoms with Crippen molar-refractivity contribution in [2.24, 2.45) is 0 Å². The molecule has 110 valence electrons. The first-order valence-electron chi connectivity index (χ1n) is 6.66. The summed E-state index contributed by atoms with van der Waals surface area (Å²) >= 11 is 0. The third-order valence-electron chi connectivity index (χ3n) is 3.21. The minimum Gasteiger partial charge on any atom is -0.293 e. The monoisotopic (exact) mass is 289 g/mol. The topological polar surface area (TPSA) is 59.3 Å². The van der Waals surface area contributed by atoms with Gasteiger partial charge in [-0.05, 0) is 18.7 Å². The molecule has 2 aromatic rings. The molecule has 2 rings (SSSR count). The van der Waals surface area contributed by atoms with E-state index in [1.165, 1.54) is 12.1 Å². The lowest BCUT2D eigenvalue weighted by molar-refractivity contribution is -0.387. The van der Waals surface area contributed by atoms with Crippen molar-refractivity contribution < 1.29 is 9.31 Å². The van der Waals surface area contributed by atoms with Gasteiger partial charge in [-0.25, -0.2) is 0 Å². The Balaban J connectivity index is 2.15. The zero-order valence-corrected chi connectivity index (χ0v) is 11.7. The molecule has 0 N–H and O–H groups in total. The van der Waals surface area contributed by atoms with E-state index in [4.69, 9.17) is 0 Å². The third-order valence-corrected chi connectivity index (χ3v) is 3.21. The fourth-order valence-corrected chi connectivity index (χ4v) is 2.07. The van der Waals surface area contributed by atoms with E-state index in [-0.39, 0.29) is 0 Å². The molecule has 0 aliphatic heterocycles. The average molecular weight is 289 g/mol. The maximum Gasteiger partial charge on any atom is 0.305 e. The maximum atomic E-state index is 14.1. The van der Waals surface area contributed by atoms with Crippen LogP contribution < -0.4 is 0 Å². The van der Waals surface area contributed by atoms with E-state index in [1.807, 2.05) is 30.0 Å². The van der Waals surface area contributed by atoms with E-state index in [1.54, 1.807) is 12.3 Å². The van der Waals surface area contributed by atoms with Gasteiger partial charge in [-0.2, -0.15) is 4.39 Å². The van der Waals surface area contributed by atoms with E-state index in [0.717, 1.165) is 5.69 Å². The smallest absolute Gasteiger partial charge is 0.293 e. The van der Waals surface area contributed by atoms with Gasteiger partial charge in [0.25, 0.3) is 0 Å². The van der Waals surface area contributed by atoms with Crippen molar-refractivity contribution in [1.29, 1.82) is 0 Å². The Morgan fingerprint density at radius 3 is 2.67 bits per heavy atom. The summed E-state index contributed by atoms with van der Waals surface area (Å²) < 4.78 is 14.1. The lowest BCUT2D eigenvalue weighted by Crippen LogP contribution is -2.23. The van der Waals surface area contributed by atoms with Crippen LogP contribution in [0.15, 0.2) is 42.6 Å². The second-order valence-electron chi connectivity index (χ2n) is 4.63. The lowest BCUT2D eigenvalue weighted by Gasteiger charge is -2.20. The quantitative estimate of drug-likeness (QED) is 0.605. The number of halogens is 1. The van der Waals surface area contributed by atoms with Crippen molar-refractivity contribution in [3.8, 4) is 0 Å². The molecule has 0 bridgehead atoms. The predicted octanol–water partition coefficient (Wildman–Crippen LogP) is 3.15. The molecule has 6 heteroatoms. The van der Waals surface area contributed by atoms with Gasteiger partial charge in [-0.3, -0.25) is 20.0 Å². The van der Waals surface area contributed by atoms with E-state index in [2.05, 4.69) is 4.98 Å². The number of nitrogens with zero attached hydrogens (tertiary/aromatic N) is 3. The number of nitro groups is 1. The number of nitro benzene ring substituents is 1. The molecule has 0 aliphatic rings. The van der Waals surface area contributed by atoms with Crippen molar-refractivity contribution >= 4 is 5.69 Å². The van der Waals surface area contributed by atoms with E-state index >= 15 is 0 Å². The number of benzene rings is 1. The van der Waals surface area contributed by atoms with Crippen LogP contribution >= 0.6 is 0 Å². The van der Waals surface area contributed by atoms with Crippen molar-refractivity contribution in [2.75, 3.05) is 6.54 Å². The number of pyridine rings is 1. The first kappa shape index (κ1) is 15.1. The zero-order chi connectivity index (χ0) is 15.2. The van der Waals surface area contributed by atoms with Crippen molar-refractivity contribution in [3.63, 3.8) is 0 Å². The molecule has 0 saturated carbocycles. The Morgan fingerprint density at radius 2 is 2.05 bits per heavy atom. The first-order valence-corrected chi connectivity index (χ1v) is 6.66. The summed E-state index contributed by atoms with van der Waals surface area (Å²) in [6.45, 7) is 3.52. The Labute approximate surface area is 122 Å². The number of hydrogen-bond acceptors (Lipinski definition) is 4. The van der Waals surface area contributed by atoms with Crippen LogP contribution in [0.25, 0.3) is 0 Å².